The Balaban J connectivity index is 1.53. The van der Waals surface area contributed by atoms with Gasteiger partial charge in [0.25, 0.3) is 5.91 Å². The summed E-state index contributed by atoms with van der Waals surface area (Å²) < 4.78 is 11.3. The Morgan fingerprint density at radius 2 is 1.58 bits per heavy atom. The van der Waals surface area contributed by atoms with Gasteiger partial charge in [-0.15, -0.1) is 0 Å². The molecule has 0 aliphatic heterocycles. The molecule has 0 spiro atoms. The van der Waals surface area contributed by atoms with E-state index in [2.05, 4.69) is 5.32 Å². The van der Waals surface area contributed by atoms with E-state index in [1.165, 1.54) is 0 Å². The van der Waals surface area contributed by atoms with Gasteiger partial charge in [0.15, 0.2) is 6.61 Å². The maximum absolute atomic E-state index is 12.1. The lowest BCUT2D eigenvalue weighted by molar-refractivity contribution is -0.118. The minimum Gasteiger partial charge on any atom is -0.483 e. The van der Waals surface area contributed by atoms with Crippen LogP contribution in [-0.4, -0.2) is 12.5 Å². The van der Waals surface area contributed by atoms with E-state index < -0.39 is 0 Å². The molecule has 0 unspecified atom stereocenters. The molecule has 4 heteroatoms. The van der Waals surface area contributed by atoms with Crippen molar-refractivity contribution in [1.29, 1.82) is 0 Å². The molecule has 0 aliphatic rings. The molecular formula is C22H21NO3. The van der Waals surface area contributed by atoms with Crippen molar-refractivity contribution in [1.82, 2.24) is 0 Å². The highest BCUT2D eigenvalue weighted by molar-refractivity contribution is 5.91. The van der Waals surface area contributed by atoms with Gasteiger partial charge in [0.05, 0.1) is 0 Å². The number of amides is 1. The Hall–Kier alpha value is -3.27. The summed E-state index contributed by atoms with van der Waals surface area (Å²) in [6.45, 7) is 3.91. The molecule has 0 aliphatic carbocycles. The Labute approximate surface area is 153 Å². The molecule has 26 heavy (non-hydrogen) atoms. The molecule has 132 valence electrons. The number of rotatable bonds is 6. The van der Waals surface area contributed by atoms with E-state index in [1.54, 1.807) is 12.1 Å². The van der Waals surface area contributed by atoms with E-state index in [0.717, 1.165) is 22.6 Å². The van der Waals surface area contributed by atoms with Gasteiger partial charge in [0.2, 0.25) is 0 Å². The van der Waals surface area contributed by atoms with Crippen LogP contribution >= 0.6 is 0 Å². The zero-order chi connectivity index (χ0) is 18.4. The molecule has 0 heterocycles. The van der Waals surface area contributed by atoms with Crippen molar-refractivity contribution >= 4 is 11.6 Å². The first-order chi connectivity index (χ1) is 12.6. The third kappa shape index (κ3) is 4.86. The van der Waals surface area contributed by atoms with Crippen LogP contribution in [0.2, 0.25) is 0 Å². The van der Waals surface area contributed by atoms with Gasteiger partial charge in [-0.05, 0) is 67.4 Å². The number of carbonyl (C=O) groups is 1. The van der Waals surface area contributed by atoms with Crippen LogP contribution in [0.15, 0.2) is 72.8 Å². The summed E-state index contributed by atoms with van der Waals surface area (Å²) in [4.78, 5) is 12.1. The minimum atomic E-state index is -0.206. The normalized spacial score (nSPS) is 10.2. The average Bonchev–Trinajstić information content (AvgIpc) is 2.65. The first kappa shape index (κ1) is 17.5. The van der Waals surface area contributed by atoms with Gasteiger partial charge in [0.1, 0.15) is 17.2 Å². The van der Waals surface area contributed by atoms with Gasteiger partial charge >= 0.3 is 0 Å². The molecule has 3 rings (SSSR count). The SMILES string of the molecule is Cc1ccc(C)c(OCC(=O)Nc2ccc(Oc3ccccc3)cc2)c1. The standard InChI is InChI=1S/C22H21NO3/c1-16-8-9-17(2)21(14-16)25-15-22(24)23-18-10-12-20(13-11-18)26-19-6-4-3-5-7-19/h3-14H,15H2,1-2H3,(H,23,24). The Morgan fingerprint density at radius 3 is 2.31 bits per heavy atom. The fourth-order valence-electron chi connectivity index (χ4n) is 2.43. The largest absolute Gasteiger partial charge is 0.483 e. The van der Waals surface area contributed by atoms with Gasteiger partial charge < -0.3 is 14.8 Å². The van der Waals surface area contributed by atoms with Gasteiger partial charge in [0, 0.05) is 5.69 Å². The highest BCUT2D eigenvalue weighted by Gasteiger charge is 2.06. The Bertz CT molecular complexity index is 874. The zero-order valence-corrected chi connectivity index (χ0v) is 14.9. The Morgan fingerprint density at radius 1 is 0.885 bits per heavy atom. The molecule has 0 fully saturated rings. The number of aryl methyl sites for hydroxylation is 2. The van der Waals surface area contributed by atoms with Crippen LogP contribution in [0.3, 0.4) is 0 Å². The predicted octanol–water partition coefficient (Wildman–Crippen LogP) is 5.11. The van der Waals surface area contributed by atoms with Crippen LogP contribution in [0.5, 0.6) is 17.2 Å². The summed E-state index contributed by atoms with van der Waals surface area (Å²) >= 11 is 0. The summed E-state index contributed by atoms with van der Waals surface area (Å²) in [5, 5.41) is 2.82. The van der Waals surface area contributed by atoms with E-state index in [-0.39, 0.29) is 12.5 Å². The Kier molecular flexibility index (Phi) is 5.54. The number of para-hydroxylation sites is 1. The molecule has 1 amide bonds. The van der Waals surface area contributed by atoms with Crippen molar-refractivity contribution < 1.29 is 14.3 Å². The molecule has 0 bridgehead atoms. The van der Waals surface area contributed by atoms with Crippen LogP contribution < -0.4 is 14.8 Å². The lowest BCUT2D eigenvalue weighted by Crippen LogP contribution is -2.20. The molecule has 0 saturated carbocycles. The van der Waals surface area contributed by atoms with E-state index >= 15 is 0 Å². The fourth-order valence-corrected chi connectivity index (χ4v) is 2.43. The van der Waals surface area contributed by atoms with Gasteiger partial charge in [-0.2, -0.15) is 0 Å². The van der Waals surface area contributed by atoms with E-state index in [9.17, 15) is 4.79 Å². The molecule has 0 radical (unpaired) electrons. The molecule has 3 aromatic carbocycles. The lowest BCUT2D eigenvalue weighted by atomic mass is 10.1. The average molecular weight is 347 g/mol. The zero-order valence-electron chi connectivity index (χ0n) is 14.9. The van der Waals surface area contributed by atoms with Gasteiger partial charge in [-0.25, -0.2) is 0 Å². The molecule has 3 aromatic rings. The number of ether oxygens (including phenoxy) is 2. The maximum Gasteiger partial charge on any atom is 0.262 e. The second-order valence-electron chi connectivity index (χ2n) is 6.05. The van der Waals surface area contributed by atoms with Crippen molar-refractivity contribution in [3.8, 4) is 17.2 Å². The fraction of sp³-hybridized carbons (Fsp3) is 0.136. The summed E-state index contributed by atoms with van der Waals surface area (Å²) in [6.07, 6.45) is 0. The number of hydrogen-bond donors (Lipinski definition) is 1. The van der Waals surface area contributed by atoms with Crippen molar-refractivity contribution in [2.75, 3.05) is 11.9 Å². The highest BCUT2D eigenvalue weighted by atomic mass is 16.5. The monoisotopic (exact) mass is 347 g/mol. The second-order valence-corrected chi connectivity index (χ2v) is 6.05. The van der Waals surface area contributed by atoms with Crippen molar-refractivity contribution in [2.45, 2.75) is 13.8 Å². The first-order valence-corrected chi connectivity index (χ1v) is 8.43. The van der Waals surface area contributed by atoms with Crippen LogP contribution in [0.1, 0.15) is 11.1 Å². The molecular weight excluding hydrogens is 326 g/mol. The van der Waals surface area contributed by atoms with E-state index in [4.69, 9.17) is 9.47 Å². The molecule has 1 N–H and O–H groups in total. The number of hydrogen-bond acceptors (Lipinski definition) is 3. The highest BCUT2D eigenvalue weighted by Crippen LogP contribution is 2.23. The van der Waals surface area contributed by atoms with Gasteiger partial charge in [-0.1, -0.05) is 30.3 Å². The number of carbonyl (C=O) groups excluding carboxylic acids is 1. The van der Waals surface area contributed by atoms with Crippen molar-refractivity contribution in [2.24, 2.45) is 0 Å². The predicted molar refractivity (Wildman–Crippen MR) is 103 cm³/mol. The lowest BCUT2D eigenvalue weighted by Gasteiger charge is -2.11. The summed E-state index contributed by atoms with van der Waals surface area (Å²) in [5.74, 6) is 2.00. The van der Waals surface area contributed by atoms with Crippen LogP contribution in [0.4, 0.5) is 5.69 Å². The van der Waals surface area contributed by atoms with Crippen molar-refractivity contribution in [3.05, 3.63) is 83.9 Å². The first-order valence-electron chi connectivity index (χ1n) is 8.43. The number of anilines is 1. The number of nitrogens with one attached hydrogen (secondary N) is 1. The topological polar surface area (TPSA) is 47.6 Å². The third-order valence-corrected chi connectivity index (χ3v) is 3.82. The second kappa shape index (κ2) is 8.21. The number of benzene rings is 3. The summed E-state index contributed by atoms with van der Waals surface area (Å²) in [5.41, 5.74) is 2.80. The van der Waals surface area contributed by atoms with Crippen molar-refractivity contribution in [3.63, 3.8) is 0 Å². The summed E-state index contributed by atoms with van der Waals surface area (Å²) in [7, 11) is 0. The molecule has 4 nitrogen and oxygen atoms in total. The van der Waals surface area contributed by atoms with Crippen LogP contribution in [0.25, 0.3) is 0 Å². The third-order valence-electron chi connectivity index (χ3n) is 3.82. The van der Waals surface area contributed by atoms with Gasteiger partial charge in [-0.3, -0.25) is 4.79 Å². The molecule has 0 atom stereocenters. The van der Waals surface area contributed by atoms with E-state index in [1.807, 2.05) is 74.5 Å². The van der Waals surface area contributed by atoms with Crippen LogP contribution in [-0.2, 0) is 4.79 Å². The maximum atomic E-state index is 12.1. The smallest absolute Gasteiger partial charge is 0.262 e. The molecule has 0 saturated heterocycles. The van der Waals surface area contributed by atoms with Crippen LogP contribution in [0, 0.1) is 13.8 Å². The van der Waals surface area contributed by atoms with E-state index in [0.29, 0.717) is 11.4 Å². The minimum absolute atomic E-state index is 0.0352. The quantitative estimate of drug-likeness (QED) is 0.674. The molecule has 0 aromatic heterocycles. The summed E-state index contributed by atoms with van der Waals surface area (Å²) in [6, 6.07) is 22.7.